The van der Waals surface area contributed by atoms with Gasteiger partial charge < -0.3 is 10.1 Å². The number of ether oxygens (including phenoxy) is 1. The fraction of sp³-hybridized carbons (Fsp3) is 0.444. The average molecular weight is 346 g/mol. The largest absolute Gasteiger partial charge is 0.379 e. The topological polar surface area (TPSA) is 59.4 Å². The summed E-state index contributed by atoms with van der Waals surface area (Å²) in [6, 6.07) is 8.20. The van der Waals surface area contributed by atoms with Crippen LogP contribution in [0.5, 0.6) is 0 Å². The molecule has 1 aliphatic heterocycles. The van der Waals surface area contributed by atoms with Gasteiger partial charge in [-0.25, -0.2) is 4.39 Å². The molecular weight excluding hydrogens is 323 g/mol. The Kier molecular flexibility index (Phi) is 5.45. The van der Waals surface area contributed by atoms with Crippen LogP contribution in [0.4, 0.5) is 4.39 Å². The highest BCUT2D eigenvalue weighted by atomic mass is 19.1. The zero-order valence-corrected chi connectivity index (χ0v) is 14.5. The number of benzene rings is 1. The van der Waals surface area contributed by atoms with Gasteiger partial charge in [0.1, 0.15) is 11.5 Å². The maximum Gasteiger partial charge on any atom is 0.269 e. The number of aromatic nitrogens is 2. The van der Waals surface area contributed by atoms with E-state index in [1.54, 1.807) is 23.9 Å². The summed E-state index contributed by atoms with van der Waals surface area (Å²) < 4.78 is 20.6. The summed E-state index contributed by atoms with van der Waals surface area (Å²) >= 11 is 0. The summed E-state index contributed by atoms with van der Waals surface area (Å²) in [6.07, 6.45) is 0. The predicted molar refractivity (Wildman–Crippen MR) is 91.8 cm³/mol. The lowest BCUT2D eigenvalue weighted by Gasteiger charge is -2.35. The van der Waals surface area contributed by atoms with Gasteiger partial charge in [-0.1, -0.05) is 12.1 Å². The van der Waals surface area contributed by atoms with Crippen LogP contribution in [0.1, 0.15) is 27.8 Å². The molecule has 6 nitrogen and oxygen atoms in total. The van der Waals surface area contributed by atoms with Crippen molar-refractivity contribution >= 4 is 5.91 Å². The van der Waals surface area contributed by atoms with E-state index in [9.17, 15) is 9.18 Å². The first-order valence-corrected chi connectivity index (χ1v) is 8.40. The lowest BCUT2D eigenvalue weighted by molar-refractivity contribution is 0.0161. The number of aryl methyl sites for hydroxylation is 2. The third-order valence-electron chi connectivity index (χ3n) is 4.41. The number of carbonyl (C=O) groups is 1. The number of hydrogen-bond acceptors (Lipinski definition) is 4. The molecule has 7 heteroatoms. The van der Waals surface area contributed by atoms with Crippen LogP contribution in [0.3, 0.4) is 0 Å². The molecule has 134 valence electrons. The van der Waals surface area contributed by atoms with Gasteiger partial charge in [-0.15, -0.1) is 0 Å². The first kappa shape index (κ1) is 17.6. The third-order valence-corrected chi connectivity index (χ3v) is 4.41. The average Bonchev–Trinajstić information content (AvgIpc) is 2.94. The van der Waals surface area contributed by atoms with Crippen LogP contribution >= 0.6 is 0 Å². The van der Waals surface area contributed by atoms with Crippen molar-refractivity contribution in [2.45, 2.75) is 13.0 Å². The van der Waals surface area contributed by atoms with Gasteiger partial charge in [-0.2, -0.15) is 5.10 Å². The Bertz CT molecular complexity index is 740. The van der Waals surface area contributed by atoms with Crippen molar-refractivity contribution in [2.75, 3.05) is 32.8 Å². The molecule has 1 fully saturated rings. The number of carbonyl (C=O) groups excluding carboxylic acids is 1. The summed E-state index contributed by atoms with van der Waals surface area (Å²) in [5.74, 6) is -0.456. The van der Waals surface area contributed by atoms with Gasteiger partial charge in [0.15, 0.2) is 0 Å². The van der Waals surface area contributed by atoms with Crippen molar-refractivity contribution < 1.29 is 13.9 Å². The van der Waals surface area contributed by atoms with Gasteiger partial charge in [0, 0.05) is 26.7 Å². The Labute approximate surface area is 146 Å². The highest BCUT2D eigenvalue weighted by Crippen LogP contribution is 2.22. The molecule has 3 rings (SSSR count). The van der Waals surface area contributed by atoms with Crippen LogP contribution in [0.2, 0.25) is 0 Å². The molecule has 2 aromatic rings. The molecule has 0 radical (unpaired) electrons. The van der Waals surface area contributed by atoms with Gasteiger partial charge in [0.05, 0.1) is 24.9 Å². The number of hydrogen-bond donors (Lipinski definition) is 1. The Hall–Kier alpha value is -2.25. The monoisotopic (exact) mass is 346 g/mol. The normalized spacial score (nSPS) is 16.6. The molecule has 1 saturated heterocycles. The number of amides is 1. The third kappa shape index (κ3) is 4.24. The van der Waals surface area contributed by atoms with Gasteiger partial charge in [-0.3, -0.25) is 14.4 Å². The highest BCUT2D eigenvalue weighted by Gasteiger charge is 2.24. The first-order valence-electron chi connectivity index (χ1n) is 8.40. The van der Waals surface area contributed by atoms with E-state index in [2.05, 4.69) is 15.3 Å². The van der Waals surface area contributed by atoms with Gasteiger partial charge >= 0.3 is 0 Å². The van der Waals surface area contributed by atoms with Crippen LogP contribution in [-0.4, -0.2) is 53.4 Å². The van der Waals surface area contributed by atoms with Crippen molar-refractivity contribution in [2.24, 2.45) is 7.05 Å². The zero-order chi connectivity index (χ0) is 17.8. The van der Waals surface area contributed by atoms with Crippen molar-refractivity contribution in [1.82, 2.24) is 20.0 Å². The lowest BCUT2D eigenvalue weighted by Crippen LogP contribution is -2.44. The molecule has 1 aliphatic rings. The van der Waals surface area contributed by atoms with Gasteiger partial charge in [0.25, 0.3) is 5.91 Å². The second-order valence-corrected chi connectivity index (χ2v) is 6.22. The number of nitrogens with zero attached hydrogens (tertiary/aromatic N) is 3. The van der Waals surface area contributed by atoms with E-state index >= 15 is 0 Å². The summed E-state index contributed by atoms with van der Waals surface area (Å²) in [5.41, 5.74) is 2.16. The van der Waals surface area contributed by atoms with Crippen molar-refractivity contribution in [3.05, 3.63) is 53.1 Å². The molecule has 25 heavy (non-hydrogen) atoms. The molecule has 1 unspecified atom stereocenters. The van der Waals surface area contributed by atoms with E-state index in [4.69, 9.17) is 4.74 Å². The van der Waals surface area contributed by atoms with Crippen molar-refractivity contribution in [3.63, 3.8) is 0 Å². The van der Waals surface area contributed by atoms with E-state index in [-0.39, 0.29) is 17.8 Å². The Morgan fingerprint density at radius 1 is 1.36 bits per heavy atom. The fourth-order valence-corrected chi connectivity index (χ4v) is 3.16. The Balaban J connectivity index is 1.75. The Morgan fingerprint density at radius 2 is 2.12 bits per heavy atom. The molecule has 0 spiro atoms. The summed E-state index contributed by atoms with van der Waals surface area (Å²) in [5, 5.41) is 7.16. The number of halogens is 1. The van der Waals surface area contributed by atoms with E-state index < -0.39 is 0 Å². The van der Waals surface area contributed by atoms with Gasteiger partial charge in [0.2, 0.25) is 0 Å². The van der Waals surface area contributed by atoms with E-state index in [1.807, 2.05) is 13.0 Å². The molecule has 0 aliphatic carbocycles. The van der Waals surface area contributed by atoms with Crippen LogP contribution in [-0.2, 0) is 11.8 Å². The number of nitrogens with one attached hydrogen (secondary N) is 1. The van der Waals surface area contributed by atoms with Crippen LogP contribution in [0, 0.1) is 12.7 Å². The van der Waals surface area contributed by atoms with Crippen LogP contribution in [0.15, 0.2) is 30.3 Å². The number of morpholine rings is 1. The maximum absolute atomic E-state index is 13.7. The second kappa shape index (κ2) is 7.76. The SMILES string of the molecule is Cc1cc(C(=O)NCC(c2cccc(F)c2)N2CCOCC2)n(C)n1. The summed E-state index contributed by atoms with van der Waals surface area (Å²) in [7, 11) is 1.74. The minimum atomic E-state index is -0.274. The fourth-order valence-electron chi connectivity index (χ4n) is 3.16. The molecular formula is C18H23FN4O2. The maximum atomic E-state index is 13.7. The molecule has 1 amide bonds. The highest BCUT2D eigenvalue weighted by molar-refractivity contribution is 5.92. The standard InChI is InChI=1S/C18H23FN4O2/c1-13-10-16(22(2)21-13)18(24)20-12-17(23-6-8-25-9-7-23)14-4-3-5-15(19)11-14/h3-5,10-11,17H,6-9,12H2,1-2H3,(H,20,24). The minimum absolute atomic E-state index is 0.0992. The minimum Gasteiger partial charge on any atom is -0.379 e. The molecule has 0 bridgehead atoms. The molecule has 0 saturated carbocycles. The first-order chi connectivity index (χ1) is 12.0. The smallest absolute Gasteiger partial charge is 0.269 e. The predicted octanol–water partition coefficient (Wildman–Crippen LogP) is 1.67. The quantitative estimate of drug-likeness (QED) is 0.895. The van der Waals surface area contributed by atoms with Gasteiger partial charge in [-0.05, 0) is 30.7 Å². The van der Waals surface area contributed by atoms with Crippen LogP contribution in [0.25, 0.3) is 0 Å². The molecule has 2 heterocycles. The van der Waals surface area contributed by atoms with Crippen molar-refractivity contribution in [3.8, 4) is 0 Å². The Morgan fingerprint density at radius 3 is 2.76 bits per heavy atom. The zero-order valence-electron chi connectivity index (χ0n) is 14.5. The van der Waals surface area contributed by atoms with E-state index in [0.29, 0.717) is 25.5 Å². The van der Waals surface area contributed by atoms with Crippen LogP contribution < -0.4 is 5.32 Å². The number of rotatable bonds is 5. The molecule has 1 N–H and O–H groups in total. The van der Waals surface area contributed by atoms with E-state index in [1.165, 1.54) is 12.1 Å². The summed E-state index contributed by atoms with van der Waals surface area (Å²) in [6.45, 7) is 5.03. The molecule has 1 aromatic heterocycles. The van der Waals surface area contributed by atoms with Crippen molar-refractivity contribution in [1.29, 1.82) is 0 Å². The van der Waals surface area contributed by atoms with E-state index in [0.717, 1.165) is 24.3 Å². The lowest BCUT2D eigenvalue weighted by atomic mass is 10.0. The molecule has 1 aromatic carbocycles. The molecule has 1 atom stereocenters. The second-order valence-electron chi connectivity index (χ2n) is 6.22. The summed E-state index contributed by atoms with van der Waals surface area (Å²) in [4.78, 5) is 14.7.